The van der Waals surface area contributed by atoms with Gasteiger partial charge >= 0.3 is 5.97 Å². The third kappa shape index (κ3) is 3.45. The minimum atomic E-state index is -0.993. The molecule has 0 spiro atoms. The molecule has 7 heteroatoms. The Labute approximate surface area is 123 Å². The minimum Gasteiger partial charge on any atom is -0.480 e. The predicted molar refractivity (Wildman–Crippen MR) is 76.7 cm³/mol. The molecule has 0 aliphatic rings. The molecule has 2 N–H and O–H groups in total. The lowest BCUT2D eigenvalue weighted by molar-refractivity contribution is -0.137. The zero-order valence-corrected chi connectivity index (χ0v) is 12.2. The molecule has 0 saturated heterocycles. The Morgan fingerprint density at radius 2 is 2.20 bits per heavy atom. The number of aliphatic carboxylic acids is 1. The van der Waals surface area contributed by atoms with Crippen LogP contribution in [0.15, 0.2) is 35.1 Å². The molecule has 2 aromatic rings. The fourth-order valence-corrected chi connectivity index (χ4v) is 2.09. The zero-order valence-electron chi connectivity index (χ0n) is 10.6. The van der Waals surface area contributed by atoms with Crippen LogP contribution in [0.4, 0.5) is 5.69 Å². The molecule has 0 atom stereocenters. The van der Waals surface area contributed by atoms with Crippen molar-refractivity contribution in [3.05, 3.63) is 46.2 Å². The predicted octanol–water partition coefficient (Wildman–Crippen LogP) is 2.29. The van der Waals surface area contributed by atoms with Gasteiger partial charge in [-0.25, -0.2) is 0 Å². The van der Waals surface area contributed by atoms with E-state index < -0.39 is 5.97 Å². The first-order valence-corrected chi connectivity index (χ1v) is 6.57. The van der Waals surface area contributed by atoms with Crippen molar-refractivity contribution < 1.29 is 14.7 Å². The first-order chi connectivity index (χ1) is 9.45. The molecule has 0 fully saturated rings. The van der Waals surface area contributed by atoms with Gasteiger partial charge in [-0.05, 0) is 35.0 Å². The first kappa shape index (κ1) is 14.3. The molecule has 0 bridgehead atoms. The van der Waals surface area contributed by atoms with Crippen molar-refractivity contribution in [2.75, 3.05) is 5.32 Å². The van der Waals surface area contributed by atoms with Gasteiger partial charge in [0.2, 0.25) is 0 Å². The van der Waals surface area contributed by atoms with Crippen molar-refractivity contribution >= 4 is 33.5 Å². The summed E-state index contributed by atoms with van der Waals surface area (Å²) in [6, 6.07) is 5.46. The standard InChI is InChI=1S/C13H12BrN3O3/c1-8-2-3-11(14)10(4-8)13(20)16-9-5-15-17(6-9)7-12(18)19/h2-6H,7H2,1H3,(H,16,20)(H,18,19). The van der Waals surface area contributed by atoms with Crippen LogP contribution in [-0.2, 0) is 11.3 Å². The summed E-state index contributed by atoms with van der Waals surface area (Å²) >= 11 is 3.32. The van der Waals surface area contributed by atoms with E-state index in [-0.39, 0.29) is 12.5 Å². The summed E-state index contributed by atoms with van der Waals surface area (Å²) < 4.78 is 1.93. The largest absolute Gasteiger partial charge is 0.480 e. The van der Waals surface area contributed by atoms with E-state index in [4.69, 9.17) is 5.11 Å². The summed E-state index contributed by atoms with van der Waals surface area (Å²) in [5, 5.41) is 15.2. The number of carboxylic acids is 1. The quantitative estimate of drug-likeness (QED) is 0.896. The summed E-state index contributed by atoms with van der Waals surface area (Å²) in [7, 11) is 0. The highest BCUT2D eigenvalue weighted by Crippen LogP contribution is 2.19. The Balaban J connectivity index is 2.13. The van der Waals surface area contributed by atoms with E-state index in [0.717, 1.165) is 5.56 Å². The summed E-state index contributed by atoms with van der Waals surface area (Å²) in [6.45, 7) is 1.65. The zero-order chi connectivity index (χ0) is 14.7. The number of carbonyl (C=O) groups is 2. The number of carbonyl (C=O) groups excluding carboxylic acids is 1. The van der Waals surface area contributed by atoms with Crippen LogP contribution in [0.3, 0.4) is 0 Å². The van der Waals surface area contributed by atoms with E-state index in [0.29, 0.717) is 15.7 Å². The van der Waals surface area contributed by atoms with E-state index in [2.05, 4.69) is 26.3 Å². The lowest BCUT2D eigenvalue weighted by Crippen LogP contribution is -2.12. The molecule has 2 rings (SSSR count). The smallest absolute Gasteiger partial charge is 0.325 e. The highest BCUT2D eigenvalue weighted by atomic mass is 79.9. The Hall–Kier alpha value is -2.15. The molecule has 1 aromatic heterocycles. The topological polar surface area (TPSA) is 84.2 Å². The number of aryl methyl sites for hydroxylation is 1. The van der Waals surface area contributed by atoms with Gasteiger partial charge in [-0.15, -0.1) is 0 Å². The molecule has 0 radical (unpaired) electrons. The maximum absolute atomic E-state index is 12.1. The number of nitrogens with zero attached hydrogens (tertiary/aromatic N) is 2. The second-order valence-corrected chi connectivity index (χ2v) is 5.11. The second-order valence-electron chi connectivity index (χ2n) is 4.26. The highest BCUT2D eigenvalue weighted by molar-refractivity contribution is 9.10. The monoisotopic (exact) mass is 337 g/mol. The van der Waals surface area contributed by atoms with Crippen molar-refractivity contribution in [1.82, 2.24) is 9.78 Å². The molecule has 1 aromatic carbocycles. The number of nitrogens with one attached hydrogen (secondary N) is 1. The Morgan fingerprint density at radius 1 is 1.45 bits per heavy atom. The Bertz CT molecular complexity index is 667. The number of halogens is 1. The van der Waals surface area contributed by atoms with Gasteiger partial charge in [0.25, 0.3) is 5.91 Å². The van der Waals surface area contributed by atoms with Gasteiger partial charge in [0.05, 0.1) is 17.4 Å². The van der Waals surface area contributed by atoms with Crippen molar-refractivity contribution in [2.45, 2.75) is 13.5 Å². The number of carboxylic acid groups (broad SMARTS) is 1. The van der Waals surface area contributed by atoms with Gasteiger partial charge in [-0.3, -0.25) is 14.3 Å². The minimum absolute atomic E-state index is 0.246. The van der Waals surface area contributed by atoms with Crippen molar-refractivity contribution in [3.8, 4) is 0 Å². The summed E-state index contributed by atoms with van der Waals surface area (Å²) in [6.07, 6.45) is 2.88. The fraction of sp³-hybridized carbons (Fsp3) is 0.154. The van der Waals surface area contributed by atoms with Gasteiger partial charge in [0.15, 0.2) is 0 Å². The number of hydrogen-bond donors (Lipinski definition) is 2. The molecule has 6 nitrogen and oxygen atoms in total. The van der Waals surface area contributed by atoms with Crippen molar-refractivity contribution in [2.24, 2.45) is 0 Å². The van der Waals surface area contributed by atoms with Gasteiger partial charge in [-0.1, -0.05) is 11.6 Å². The lowest BCUT2D eigenvalue weighted by atomic mass is 10.1. The lowest BCUT2D eigenvalue weighted by Gasteiger charge is -2.05. The summed E-state index contributed by atoms with van der Waals surface area (Å²) in [5.74, 6) is -1.28. The fourth-order valence-electron chi connectivity index (χ4n) is 1.66. The number of rotatable bonds is 4. The van der Waals surface area contributed by atoms with Crippen molar-refractivity contribution in [1.29, 1.82) is 0 Å². The Morgan fingerprint density at radius 3 is 2.90 bits per heavy atom. The molecule has 0 saturated carbocycles. The number of benzene rings is 1. The van der Waals surface area contributed by atoms with Gasteiger partial charge in [0.1, 0.15) is 6.54 Å². The van der Waals surface area contributed by atoms with Crippen LogP contribution in [0.1, 0.15) is 15.9 Å². The van der Waals surface area contributed by atoms with E-state index in [1.807, 2.05) is 13.0 Å². The number of anilines is 1. The van der Waals surface area contributed by atoms with Crippen LogP contribution in [0.5, 0.6) is 0 Å². The molecule has 0 unspecified atom stereocenters. The van der Waals surface area contributed by atoms with Gasteiger partial charge in [0, 0.05) is 10.7 Å². The average Bonchev–Trinajstić information content (AvgIpc) is 2.78. The second kappa shape index (κ2) is 5.87. The molecule has 1 amide bonds. The molecular weight excluding hydrogens is 326 g/mol. The van der Waals surface area contributed by atoms with E-state index >= 15 is 0 Å². The third-order valence-corrected chi connectivity index (χ3v) is 3.25. The Kier molecular flexibility index (Phi) is 4.19. The molecule has 20 heavy (non-hydrogen) atoms. The van der Waals surface area contributed by atoms with Crippen LogP contribution >= 0.6 is 15.9 Å². The normalized spacial score (nSPS) is 10.3. The summed E-state index contributed by atoms with van der Waals surface area (Å²) in [5.41, 5.74) is 1.93. The summed E-state index contributed by atoms with van der Waals surface area (Å²) in [4.78, 5) is 22.7. The van der Waals surface area contributed by atoms with E-state index in [1.165, 1.54) is 17.1 Å². The number of amides is 1. The SMILES string of the molecule is Cc1ccc(Br)c(C(=O)Nc2cnn(CC(=O)O)c2)c1. The van der Waals surface area contributed by atoms with Crippen molar-refractivity contribution in [3.63, 3.8) is 0 Å². The van der Waals surface area contributed by atoms with Gasteiger partial charge < -0.3 is 10.4 Å². The average molecular weight is 338 g/mol. The number of aromatic nitrogens is 2. The molecule has 0 aliphatic carbocycles. The van der Waals surface area contributed by atoms with E-state index in [1.54, 1.807) is 12.1 Å². The van der Waals surface area contributed by atoms with Crippen LogP contribution in [0, 0.1) is 6.92 Å². The molecule has 1 heterocycles. The maximum Gasteiger partial charge on any atom is 0.325 e. The first-order valence-electron chi connectivity index (χ1n) is 5.77. The van der Waals surface area contributed by atoms with Crippen LogP contribution in [0.25, 0.3) is 0 Å². The molecule has 0 aliphatic heterocycles. The van der Waals surface area contributed by atoms with Crippen LogP contribution < -0.4 is 5.32 Å². The highest BCUT2D eigenvalue weighted by Gasteiger charge is 2.12. The molecule has 104 valence electrons. The third-order valence-electron chi connectivity index (χ3n) is 2.55. The molecular formula is C13H12BrN3O3. The van der Waals surface area contributed by atoms with Crippen LogP contribution in [0.2, 0.25) is 0 Å². The number of hydrogen-bond acceptors (Lipinski definition) is 3. The maximum atomic E-state index is 12.1. The van der Waals surface area contributed by atoms with E-state index in [9.17, 15) is 9.59 Å². The van der Waals surface area contributed by atoms with Gasteiger partial charge in [-0.2, -0.15) is 5.10 Å². The van der Waals surface area contributed by atoms with Crippen LogP contribution in [-0.4, -0.2) is 26.8 Å².